The predicted molar refractivity (Wildman–Crippen MR) is 123 cm³/mol. The number of nitrogens with one attached hydrogen (secondary N) is 1. The Bertz CT molecular complexity index is 1210. The van der Waals surface area contributed by atoms with E-state index in [0.717, 1.165) is 29.7 Å². The van der Waals surface area contributed by atoms with Gasteiger partial charge in [0, 0.05) is 27.1 Å². The summed E-state index contributed by atoms with van der Waals surface area (Å²) in [7, 11) is 0. The van der Waals surface area contributed by atoms with Crippen molar-refractivity contribution in [2.24, 2.45) is 0 Å². The third-order valence-electron chi connectivity index (χ3n) is 5.73. The molecule has 1 aliphatic carbocycles. The topological polar surface area (TPSA) is 59.4 Å². The molecular formula is C25H25N3O2S. The van der Waals surface area contributed by atoms with E-state index in [-0.39, 0.29) is 5.56 Å². The van der Waals surface area contributed by atoms with Crippen molar-refractivity contribution in [3.8, 4) is 11.1 Å². The van der Waals surface area contributed by atoms with Crippen LogP contribution < -0.4 is 5.56 Å². The van der Waals surface area contributed by atoms with Gasteiger partial charge in [0.2, 0.25) is 0 Å². The fraction of sp³-hybridized carbons (Fsp3) is 0.280. The molecule has 31 heavy (non-hydrogen) atoms. The van der Waals surface area contributed by atoms with E-state index in [0.29, 0.717) is 18.4 Å². The van der Waals surface area contributed by atoms with Gasteiger partial charge in [0.05, 0.1) is 18.9 Å². The minimum atomic E-state index is -0.140. The molecule has 0 atom stereocenters. The van der Waals surface area contributed by atoms with Crippen molar-refractivity contribution < 1.29 is 4.74 Å². The lowest BCUT2D eigenvalue weighted by Crippen LogP contribution is -2.19. The van der Waals surface area contributed by atoms with Crippen molar-refractivity contribution in [1.29, 1.82) is 0 Å². The van der Waals surface area contributed by atoms with Crippen LogP contribution in [0.15, 0.2) is 81.4 Å². The van der Waals surface area contributed by atoms with E-state index >= 15 is 0 Å². The number of hydrogen-bond acceptors (Lipinski definition) is 4. The quantitative estimate of drug-likeness (QED) is 0.426. The van der Waals surface area contributed by atoms with Crippen LogP contribution in [0.4, 0.5) is 0 Å². The molecule has 158 valence electrons. The molecule has 1 aliphatic rings. The first kappa shape index (κ1) is 20.1. The van der Waals surface area contributed by atoms with E-state index in [1.807, 2.05) is 18.2 Å². The number of H-pyrrole nitrogens is 1. The monoisotopic (exact) mass is 431 g/mol. The van der Waals surface area contributed by atoms with Gasteiger partial charge >= 0.3 is 0 Å². The Morgan fingerprint density at radius 2 is 1.74 bits per heavy atom. The van der Waals surface area contributed by atoms with Crippen LogP contribution in [-0.4, -0.2) is 20.7 Å². The van der Waals surface area contributed by atoms with E-state index < -0.39 is 0 Å². The minimum absolute atomic E-state index is 0.140. The van der Waals surface area contributed by atoms with Crippen LogP contribution in [-0.2, 0) is 11.3 Å². The van der Waals surface area contributed by atoms with E-state index in [4.69, 9.17) is 4.74 Å². The van der Waals surface area contributed by atoms with Gasteiger partial charge in [0.25, 0.3) is 5.56 Å². The van der Waals surface area contributed by atoms with Crippen molar-refractivity contribution in [1.82, 2.24) is 14.6 Å². The first-order chi connectivity index (χ1) is 15.3. The molecule has 0 amide bonds. The van der Waals surface area contributed by atoms with Crippen LogP contribution in [0.1, 0.15) is 37.8 Å². The van der Waals surface area contributed by atoms with E-state index in [9.17, 15) is 4.79 Å². The van der Waals surface area contributed by atoms with Crippen LogP contribution in [0.5, 0.6) is 0 Å². The predicted octanol–water partition coefficient (Wildman–Crippen LogP) is 5.69. The van der Waals surface area contributed by atoms with Crippen molar-refractivity contribution in [3.05, 3.63) is 82.9 Å². The van der Waals surface area contributed by atoms with Gasteiger partial charge < -0.3 is 9.72 Å². The summed E-state index contributed by atoms with van der Waals surface area (Å²) in [6.07, 6.45) is 8.02. The van der Waals surface area contributed by atoms with Crippen LogP contribution in [0.25, 0.3) is 16.8 Å². The summed E-state index contributed by atoms with van der Waals surface area (Å²) in [5, 5.41) is 4.30. The zero-order chi connectivity index (χ0) is 21.0. The van der Waals surface area contributed by atoms with Gasteiger partial charge in [-0.25, -0.2) is 0 Å². The maximum atomic E-state index is 12.6. The van der Waals surface area contributed by atoms with Crippen LogP contribution >= 0.6 is 11.8 Å². The van der Waals surface area contributed by atoms with Gasteiger partial charge in [0.1, 0.15) is 5.65 Å². The zero-order valence-corrected chi connectivity index (χ0v) is 18.1. The normalized spacial score (nSPS) is 14.8. The lowest BCUT2D eigenvalue weighted by molar-refractivity contribution is 0.0153. The number of aromatic nitrogens is 3. The minimum Gasteiger partial charge on any atom is -0.372 e. The number of ether oxygens (including phenoxy) is 1. The van der Waals surface area contributed by atoms with E-state index in [1.165, 1.54) is 33.6 Å². The van der Waals surface area contributed by atoms with Gasteiger partial charge in [-0.2, -0.15) is 9.61 Å². The molecule has 2 heterocycles. The highest BCUT2D eigenvalue weighted by Crippen LogP contribution is 2.30. The lowest BCUT2D eigenvalue weighted by atomic mass is 9.98. The number of aromatic amines is 1. The second kappa shape index (κ2) is 9.12. The molecule has 5 rings (SSSR count). The number of benzene rings is 2. The number of rotatable bonds is 6. The molecule has 1 N–H and O–H groups in total. The maximum Gasteiger partial charge on any atom is 0.274 e. The Hall–Kier alpha value is -2.83. The van der Waals surface area contributed by atoms with Gasteiger partial charge in [-0.3, -0.25) is 4.79 Å². The molecule has 6 heteroatoms. The highest BCUT2D eigenvalue weighted by molar-refractivity contribution is 7.99. The van der Waals surface area contributed by atoms with E-state index in [1.54, 1.807) is 24.0 Å². The molecule has 0 radical (unpaired) electrons. The number of nitrogens with zero attached hydrogens (tertiary/aromatic N) is 2. The first-order valence-electron chi connectivity index (χ1n) is 10.8. The standard InChI is InChI=1S/C25H25N3O2S/c29-24-15-19(17-30-20-7-3-1-4-8-20)27-25-23(16-26-28(24)25)18-11-13-22(14-12-18)31-21-9-5-2-6-10-21/h2,5-6,9-16,20,27H,1,3-4,7-8,17H2. The second-order valence-electron chi connectivity index (χ2n) is 7.96. The Morgan fingerprint density at radius 1 is 1.00 bits per heavy atom. The Kier molecular flexibility index (Phi) is 5.91. The highest BCUT2D eigenvalue weighted by atomic mass is 32.2. The summed E-state index contributed by atoms with van der Waals surface area (Å²) in [6.45, 7) is 0.424. The summed E-state index contributed by atoms with van der Waals surface area (Å²) < 4.78 is 7.49. The van der Waals surface area contributed by atoms with Crippen molar-refractivity contribution in [2.75, 3.05) is 0 Å². The molecule has 4 aromatic rings. The Labute approximate surface area is 185 Å². The first-order valence-corrected chi connectivity index (χ1v) is 11.6. The molecule has 2 aromatic heterocycles. The molecule has 1 fully saturated rings. The zero-order valence-electron chi connectivity index (χ0n) is 17.3. The molecule has 0 aliphatic heterocycles. The molecule has 1 saturated carbocycles. The summed E-state index contributed by atoms with van der Waals surface area (Å²) in [6, 6.07) is 20.3. The van der Waals surface area contributed by atoms with E-state index in [2.05, 4.69) is 46.5 Å². The molecule has 0 bridgehead atoms. The SMILES string of the molecule is O=c1cc(COC2CCCCC2)[nH]c2c(-c3ccc(Sc4ccccc4)cc3)cnn12. The fourth-order valence-corrected chi connectivity index (χ4v) is 4.93. The van der Waals surface area contributed by atoms with Gasteiger partial charge in [-0.1, -0.05) is 61.4 Å². The smallest absolute Gasteiger partial charge is 0.274 e. The summed E-state index contributed by atoms with van der Waals surface area (Å²) in [5.74, 6) is 0. The molecular weight excluding hydrogens is 406 g/mol. The van der Waals surface area contributed by atoms with Crippen LogP contribution in [0.2, 0.25) is 0 Å². The average molecular weight is 432 g/mol. The third kappa shape index (κ3) is 4.60. The van der Waals surface area contributed by atoms with Gasteiger partial charge in [-0.15, -0.1) is 0 Å². The van der Waals surface area contributed by atoms with Crippen molar-refractivity contribution in [3.63, 3.8) is 0 Å². The molecule has 5 nitrogen and oxygen atoms in total. The highest BCUT2D eigenvalue weighted by Gasteiger charge is 2.15. The third-order valence-corrected chi connectivity index (χ3v) is 6.74. The van der Waals surface area contributed by atoms with Gasteiger partial charge in [-0.05, 0) is 42.7 Å². The lowest BCUT2D eigenvalue weighted by Gasteiger charge is -2.21. The largest absolute Gasteiger partial charge is 0.372 e. The van der Waals surface area contributed by atoms with Crippen LogP contribution in [0.3, 0.4) is 0 Å². The maximum absolute atomic E-state index is 12.6. The molecule has 0 spiro atoms. The summed E-state index contributed by atoms with van der Waals surface area (Å²) in [4.78, 5) is 18.3. The number of hydrogen-bond donors (Lipinski definition) is 1. The van der Waals surface area contributed by atoms with Crippen LogP contribution in [0, 0.1) is 0 Å². The van der Waals surface area contributed by atoms with Crippen molar-refractivity contribution in [2.45, 2.75) is 54.6 Å². The Morgan fingerprint density at radius 3 is 2.52 bits per heavy atom. The van der Waals surface area contributed by atoms with Crippen molar-refractivity contribution >= 4 is 17.4 Å². The fourth-order valence-electron chi connectivity index (χ4n) is 4.09. The molecule has 0 saturated heterocycles. The molecule has 0 unspecified atom stereocenters. The Balaban J connectivity index is 1.38. The average Bonchev–Trinajstić information content (AvgIpc) is 3.24. The second-order valence-corrected chi connectivity index (χ2v) is 9.11. The van der Waals surface area contributed by atoms with Gasteiger partial charge in [0.15, 0.2) is 0 Å². The summed E-state index contributed by atoms with van der Waals surface area (Å²) >= 11 is 1.73. The molecule has 2 aromatic carbocycles. The summed E-state index contributed by atoms with van der Waals surface area (Å²) in [5.41, 5.74) is 3.29. The number of fused-ring (bicyclic) bond motifs is 1.